The molecular formula is C20H27NO3Si. The van der Waals surface area contributed by atoms with Crippen molar-refractivity contribution in [2.24, 2.45) is 11.8 Å². The summed E-state index contributed by atoms with van der Waals surface area (Å²) in [4.78, 5) is 26.4. The van der Waals surface area contributed by atoms with Gasteiger partial charge in [-0.2, -0.15) is 0 Å². The van der Waals surface area contributed by atoms with Crippen molar-refractivity contribution >= 4 is 20.1 Å². The van der Waals surface area contributed by atoms with E-state index in [0.717, 1.165) is 5.56 Å². The Kier molecular flexibility index (Phi) is 5.74. The van der Waals surface area contributed by atoms with Gasteiger partial charge < -0.3 is 4.74 Å². The Hall–Kier alpha value is -2.06. The van der Waals surface area contributed by atoms with Gasteiger partial charge in [-0.25, -0.2) is 9.69 Å². The van der Waals surface area contributed by atoms with E-state index in [2.05, 4.69) is 31.1 Å². The van der Waals surface area contributed by atoms with Gasteiger partial charge in [0.2, 0.25) is 5.91 Å². The van der Waals surface area contributed by atoms with Gasteiger partial charge in [0.25, 0.3) is 0 Å². The fraction of sp³-hybridized carbons (Fsp3) is 0.500. The Morgan fingerprint density at radius 3 is 2.36 bits per heavy atom. The molecule has 0 aromatic heterocycles. The first-order chi connectivity index (χ1) is 11.6. The van der Waals surface area contributed by atoms with E-state index >= 15 is 0 Å². The largest absolute Gasteiger partial charge is 0.439 e. The number of cyclic esters (lactones) is 1. The molecule has 0 unspecified atom stereocenters. The van der Waals surface area contributed by atoms with Gasteiger partial charge in [0.15, 0.2) is 0 Å². The minimum atomic E-state index is -1.49. The molecule has 0 saturated carbocycles. The third-order valence-corrected chi connectivity index (χ3v) is 5.34. The summed E-state index contributed by atoms with van der Waals surface area (Å²) in [6, 6.07) is 9.20. The number of carbonyl (C=O) groups is 2. The van der Waals surface area contributed by atoms with Gasteiger partial charge in [-0.15, -0.1) is 11.5 Å². The molecule has 0 N–H and O–H groups in total. The van der Waals surface area contributed by atoms with Gasteiger partial charge in [-0.3, -0.25) is 4.79 Å². The highest BCUT2D eigenvalue weighted by molar-refractivity contribution is 6.83. The highest BCUT2D eigenvalue weighted by atomic mass is 28.3. The van der Waals surface area contributed by atoms with E-state index in [0.29, 0.717) is 0 Å². The molecule has 1 saturated heterocycles. The van der Waals surface area contributed by atoms with Crippen LogP contribution >= 0.6 is 0 Å². The second-order valence-corrected chi connectivity index (χ2v) is 12.5. The van der Waals surface area contributed by atoms with Gasteiger partial charge >= 0.3 is 6.09 Å². The maximum Gasteiger partial charge on any atom is 0.417 e. The number of nitrogens with zero attached hydrogens (tertiary/aromatic N) is 1. The molecule has 0 spiro atoms. The number of amides is 2. The first-order valence-electron chi connectivity index (χ1n) is 8.73. The van der Waals surface area contributed by atoms with Crippen LogP contribution in [0.5, 0.6) is 0 Å². The zero-order valence-corrected chi connectivity index (χ0v) is 16.9. The van der Waals surface area contributed by atoms with Crippen LogP contribution in [0.1, 0.15) is 32.4 Å². The number of imide groups is 1. The fourth-order valence-corrected chi connectivity index (χ4v) is 3.39. The SMILES string of the molecule is C[C@H](C#C[Si](C)(C)C)[C@H](C)C(=O)N1C(=O)O[C@@H](c2ccccc2)[C@H]1C. The number of hydrogen-bond donors (Lipinski definition) is 0. The highest BCUT2D eigenvalue weighted by Crippen LogP contribution is 2.33. The first-order valence-corrected chi connectivity index (χ1v) is 12.2. The summed E-state index contributed by atoms with van der Waals surface area (Å²) in [7, 11) is -1.49. The van der Waals surface area contributed by atoms with Crippen LogP contribution in [0.25, 0.3) is 0 Å². The summed E-state index contributed by atoms with van der Waals surface area (Å²) in [5.74, 6) is 2.54. The summed E-state index contributed by atoms with van der Waals surface area (Å²) in [5.41, 5.74) is 4.21. The molecule has 2 rings (SSSR count). The summed E-state index contributed by atoms with van der Waals surface area (Å²) < 4.78 is 5.47. The third kappa shape index (κ3) is 4.52. The third-order valence-electron chi connectivity index (χ3n) is 4.45. The molecule has 0 aliphatic carbocycles. The molecule has 25 heavy (non-hydrogen) atoms. The Bertz CT molecular complexity index is 699. The molecule has 1 aliphatic rings. The zero-order chi connectivity index (χ0) is 18.8. The molecule has 4 nitrogen and oxygen atoms in total. The summed E-state index contributed by atoms with van der Waals surface area (Å²) >= 11 is 0. The van der Waals surface area contributed by atoms with Crippen LogP contribution in [0.15, 0.2) is 30.3 Å². The minimum absolute atomic E-state index is 0.102. The van der Waals surface area contributed by atoms with Gasteiger partial charge in [-0.1, -0.05) is 63.8 Å². The van der Waals surface area contributed by atoms with Crippen LogP contribution in [0.4, 0.5) is 4.79 Å². The average molecular weight is 358 g/mol. The molecule has 4 atom stereocenters. The Morgan fingerprint density at radius 2 is 1.80 bits per heavy atom. The van der Waals surface area contributed by atoms with Crippen molar-refractivity contribution < 1.29 is 14.3 Å². The van der Waals surface area contributed by atoms with Crippen LogP contribution in [0, 0.1) is 23.3 Å². The van der Waals surface area contributed by atoms with Crippen molar-refractivity contribution in [3.05, 3.63) is 35.9 Å². The summed E-state index contributed by atoms with van der Waals surface area (Å²) in [6.07, 6.45) is -0.989. The van der Waals surface area contributed by atoms with Gasteiger partial charge in [0.05, 0.1) is 6.04 Å². The van der Waals surface area contributed by atoms with Crippen molar-refractivity contribution in [2.75, 3.05) is 0 Å². The normalized spacial score (nSPS) is 22.6. The Morgan fingerprint density at radius 1 is 1.20 bits per heavy atom. The minimum Gasteiger partial charge on any atom is -0.439 e. The van der Waals surface area contributed by atoms with Crippen LogP contribution in [0.2, 0.25) is 19.6 Å². The van der Waals surface area contributed by atoms with E-state index in [1.807, 2.05) is 51.1 Å². The monoisotopic (exact) mass is 357 g/mol. The lowest BCUT2D eigenvalue weighted by Gasteiger charge is -2.24. The van der Waals surface area contributed by atoms with Crippen molar-refractivity contribution in [1.82, 2.24) is 4.90 Å². The molecule has 2 amide bonds. The quantitative estimate of drug-likeness (QED) is 0.600. The number of benzene rings is 1. The zero-order valence-electron chi connectivity index (χ0n) is 15.9. The molecule has 1 aliphatic heterocycles. The molecule has 1 fully saturated rings. The highest BCUT2D eigenvalue weighted by Gasteiger charge is 2.45. The fourth-order valence-electron chi connectivity index (χ4n) is 2.73. The Balaban J connectivity index is 2.15. The predicted octanol–water partition coefficient (Wildman–Crippen LogP) is 4.25. The second kappa shape index (κ2) is 7.45. The van der Waals surface area contributed by atoms with Gasteiger partial charge in [0, 0.05) is 11.8 Å². The standard InChI is InChI=1S/C20H27NO3Si/c1-14(12-13-25(4,5)6)15(2)19(22)21-16(3)18(24-20(21)23)17-10-8-7-9-11-17/h7-11,14-16,18H,1-6H3/t14-,15+,16-,18-/m1/s1. The Labute approximate surface area is 151 Å². The van der Waals surface area contributed by atoms with Crippen LogP contribution in [-0.4, -0.2) is 31.0 Å². The lowest BCUT2D eigenvalue weighted by molar-refractivity contribution is -0.133. The van der Waals surface area contributed by atoms with Gasteiger partial charge in [-0.05, 0) is 12.5 Å². The van der Waals surface area contributed by atoms with E-state index < -0.39 is 20.3 Å². The summed E-state index contributed by atoms with van der Waals surface area (Å²) in [5, 5.41) is 0. The first kappa shape index (κ1) is 19.3. The van der Waals surface area contributed by atoms with Crippen molar-refractivity contribution in [1.29, 1.82) is 0 Å². The van der Waals surface area contributed by atoms with Gasteiger partial charge in [0.1, 0.15) is 14.2 Å². The van der Waals surface area contributed by atoms with Crippen LogP contribution in [-0.2, 0) is 9.53 Å². The molecule has 1 heterocycles. The lowest BCUT2D eigenvalue weighted by Crippen LogP contribution is -2.42. The lowest BCUT2D eigenvalue weighted by atomic mass is 9.94. The van der Waals surface area contributed by atoms with Crippen molar-refractivity contribution in [3.8, 4) is 11.5 Å². The molecule has 1 aromatic carbocycles. The van der Waals surface area contributed by atoms with Crippen molar-refractivity contribution in [2.45, 2.75) is 52.6 Å². The number of carbonyl (C=O) groups excluding carboxylic acids is 2. The number of hydrogen-bond acceptors (Lipinski definition) is 3. The molecule has 0 radical (unpaired) electrons. The van der Waals surface area contributed by atoms with Crippen LogP contribution < -0.4 is 0 Å². The molecule has 1 aromatic rings. The number of ether oxygens (including phenoxy) is 1. The maximum absolute atomic E-state index is 12.9. The smallest absolute Gasteiger partial charge is 0.417 e. The van der Waals surface area contributed by atoms with E-state index in [1.165, 1.54) is 4.90 Å². The predicted molar refractivity (Wildman–Crippen MR) is 101 cm³/mol. The van der Waals surface area contributed by atoms with E-state index in [-0.39, 0.29) is 23.8 Å². The maximum atomic E-state index is 12.9. The van der Waals surface area contributed by atoms with Crippen LogP contribution in [0.3, 0.4) is 0 Å². The molecular weight excluding hydrogens is 330 g/mol. The van der Waals surface area contributed by atoms with E-state index in [9.17, 15) is 9.59 Å². The van der Waals surface area contributed by atoms with E-state index in [1.54, 1.807) is 0 Å². The average Bonchev–Trinajstić information content (AvgIpc) is 2.86. The van der Waals surface area contributed by atoms with E-state index in [4.69, 9.17) is 4.74 Å². The second-order valence-electron chi connectivity index (χ2n) is 7.76. The number of rotatable bonds is 3. The topological polar surface area (TPSA) is 46.6 Å². The molecule has 134 valence electrons. The summed E-state index contributed by atoms with van der Waals surface area (Å²) in [6.45, 7) is 12.1. The van der Waals surface area contributed by atoms with Crippen molar-refractivity contribution in [3.63, 3.8) is 0 Å². The molecule has 5 heteroatoms. The molecule has 0 bridgehead atoms.